The van der Waals surface area contributed by atoms with E-state index in [4.69, 9.17) is 9.47 Å². The summed E-state index contributed by atoms with van der Waals surface area (Å²) in [5.41, 5.74) is 3.61. The summed E-state index contributed by atoms with van der Waals surface area (Å²) in [5.74, 6) is 0. The van der Waals surface area contributed by atoms with E-state index >= 15 is 0 Å². The lowest BCUT2D eigenvalue weighted by Gasteiger charge is -2.14. The molecule has 0 fully saturated rings. The third-order valence-electron chi connectivity index (χ3n) is 4.96. The molecule has 0 saturated carbocycles. The van der Waals surface area contributed by atoms with Crippen LogP contribution in [0.2, 0.25) is 0 Å². The summed E-state index contributed by atoms with van der Waals surface area (Å²) < 4.78 is 14.0. The lowest BCUT2D eigenvalue weighted by atomic mass is 10.1. The van der Waals surface area contributed by atoms with Crippen LogP contribution in [0.3, 0.4) is 0 Å². The zero-order valence-corrected chi connectivity index (χ0v) is 16.9. The van der Waals surface area contributed by atoms with Crippen molar-refractivity contribution in [2.45, 2.75) is 12.8 Å². The minimum atomic E-state index is -0.369. The van der Waals surface area contributed by atoms with Gasteiger partial charge in [-0.25, -0.2) is 0 Å². The number of benzene rings is 2. The van der Waals surface area contributed by atoms with Gasteiger partial charge in [-0.2, -0.15) is 5.10 Å². The molecule has 0 radical (unpaired) electrons. The highest BCUT2D eigenvalue weighted by atomic mass is 16.7. The van der Waals surface area contributed by atoms with Crippen LogP contribution in [0.25, 0.3) is 28.7 Å². The van der Waals surface area contributed by atoms with Gasteiger partial charge in [-0.15, -0.1) is 0 Å². The second kappa shape index (κ2) is 8.90. The third kappa shape index (κ3) is 4.25. The molecule has 0 atom stereocenters. The van der Waals surface area contributed by atoms with E-state index in [-0.39, 0.29) is 11.8 Å². The molecule has 4 rings (SSSR count). The van der Waals surface area contributed by atoms with Crippen LogP contribution in [-0.2, 0) is 16.0 Å². The monoisotopic (exact) mass is 401 g/mol. The first-order valence-electron chi connectivity index (χ1n) is 9.65. The SMILES string of the molecule is COC(Cn1ncc2cc(-n3ccc(C=Cc4ccccc4)cc3=O)ccc21)OC. The van der Waals surface area contributed by atoms with Gasteiger partial charge in [0, 0.05) is 37.6 Å². The van der Waals surface area contributed by atoms with Gasteiger partial charge >= 0.3 is 0 Å². The second-order valence-corrected chi connectivity index (χ2v) is 6.88. The van der Waals surface area contributed by atoms with Gasteiger partial charge in [0.1, 0.15) is 0 Å². The van der Waals surface area contributed by atoms with Gasteiger partial charge in [-0.05, 0) is 35.4 Å². The summed E-state index contributed by atoms with van der Waals surface area (Å²) in [6.45, 7) is 0.484. The average Bonchev–Trinajstić information content (AvgIpc) is 3.18. The van der Waals surface area contributed by atoms with E-state index in [1.807, 2.05) is 71.4 Å². The van der Waals surface area contributed by atoms with Crippen LogP contribution in [0, 0.1) is 0 Å². The topological polar surface area (TPSA) is 58.3 Å². The maximum absolute atomic E-state index is 12.7. The van der Waals surface area contributed by atoms with E-state index in [1.165, 1.54) is 0 Å². The number of methoxy groups -OCH3 is 2. The zero-order valence-electron chi connectivity index (χ0n) is 16.9. The fourth-order valence-electron chi connectivity index (χ4n) is 3.32. The maximum atomic E-state index is 12.7. The van der Waals surface area contributed by atoms with Gasteiger partial charge in [-0.1, -0.05) is 42.5 Å². The van der Waals surface area contributed by atoms with Crippen LogP contribution in [0.15, 0.2) is 77.9 Å². The van der Waals surface area contributed by atoms with Crippen LogP contribution < -0.4 is 5.56 Å². The van der Waals surface area contributed by atoms with Crippen molar-refractivity contribution in [3.05, 3.63) is 94.5 Å². The molecule has 152 valence electrons. The lowest BCUT2D eigenvalue weighted by Crippen LogP contribution is -2.21. The molecule has 2 aromatic heterocycles. The van der Waals surface area contributed by atoms with Crippen molar-refractivity contribution in [1.29, 1.82) is 0 Å². The van der Waals surface area contributed by atoms with Gasteiger partial charge in [0.2, 0.25) is 0 Å². The van der Waals surface area contributed by atoms with Gasteiger partial charge in [0.15, 0.2) is 6.29 Å². The summed E-state index contributed by atoms with van der Waals surface area (Å²) in [4.78, 5) is 12.7. The zero-order chi connectivity index (χ0) is 20.9. The molecule has 0 amide bonds. The fraction of sp³-hybridized carbons (Fsp3) is 0.167. The van der Waals surface area contributed by atoms with Crippen LogP contribution >= 0.6 is 0 Å². The van der Waals surface area contributed by atoms with Crippen molar-refractivity contribution < 1.29 is 9.47 Å². The van der Waals surface area contributed by atoms with E-state index in [1.54, 1.807) is 37.2 Å². The highest BCUT2D eigenvalue weighted by Gasteiger charge is 2.11. The molecule has 6 nitrogen and oxygen atoms in total. The highest BCUT2D eigenvalue weighted by molar-refractivity contribution is 5.81. The molecule has 4 aromatic rings. The Balaban J connectivity index is 1.59. The smallest absolute Gasteiger partial charge is 0.255 e. The minimum absolute atomic E-state index is 0.0872. The van der Waals surface area contributed by atoms with Gasteiger partial charge in [-0.3, -0.25) is 14.0 Å². The summed E-state index contributed by atoms with van der Waals surface area (Å²) >= 11 is 0. The highest BCUT2D eigenvalue weighted by Crippen LogP contribution is 2.19. The maximum Gasteiger partial charge on any atom is 0.255 e. The third-order valence-corrected chi connectivity index (χ3v) is 4.96. The van der Waals surface area contributed by atoms with Crippen LogP contribution in [0.5, 0.6) is 0 Å². The molecular formula is C24H23N3O3. The fourth-order valence-corrected chi connectivity index (χ4v) is 3.32. The normalized spacial score (nSPS) is 11.7. The van der Waals surface area contributed by atoms with Crippen LogP contribution in [-0.4, -0.2) is 34.9 Å². The molecule has 0 aliphatic rings. The first-order valence-corrected chi connectivity index (χ1v) is 9.65. The predicted octanol–water partition coefficient (Wildman–Crippen LogP) is 3.98. The summed E-state index contributed by atoms with van der Waals surface area (Å²) in [5, 5.41) is 5.36. The van der Waals surface area contributed by atoms with Crippen LogP contribution in [0.4, 0.5) is 0 Å². The summed E-state index contributed by atoms with van der Waals surface area (Å²) in [7, 11) is 3.20. The van der Waals surface area contributed by atoms with Crippen molar-refractivity contribution in [1.82, 2.24) is 14.3 Å². The first kappa shape index (κ1) is 19.8. The number of fused-ring (bicyclic) bond motifs is 1. The Hall–Kier alpha value is -3.48. The number of nitrogens with zero attached hydrogens (tertiary/aromatic N) is 3. The molecule has 0 unspecified atom stereocenters. The van der Waals surface area contributed by atoms with Crippen molar-refractivity contribution in [3.63, 3.8) is 0 Å². The van der Waals surface area contributed by atoms with E-state index in [0.717, 1.165) is 27.7 Å². The largest absolute Gasteiger partial charge is 0.354 e. The Morgan fingerprint density at radius 3 is 2.47 bits per heavy atom. The molecule has 2 heterocycles. The Bertz CT molecular complexity index is 1220. The Labute approximate surface area is 174 Å². The Kier molecular flexibility index (Phi) is 5.88. The van der Waals surface area contributed by atoms with Gasteiger partial charge in [0.25, 0.3) is 5.56 Å². The molecule has 6 heteroatoms. The Morgan fingerprint density at radius 1 is 0.967 bits per heavy atom. The molecule has 30 heavy (non-hydrogen) atoms. The number of rotatable bonds is 7. The number of ether oxygens (including phenoxy) is 2. The molecule has 0 bridgehead atoms. The van der Waals surface area contributed by atoms with E-state index in [9.17, 15) is 4.79 Å². The molecule has 0 spiro atoms. The predicted molar refractivity (Wildman–Crippen MR) is 119 cm³/mol. The minimum Gasteiger partial charge on any atom is -0.354 e. The quantitative estimate of drug-likeness (QED) is 0.440. The molecular weight excluding hydrogens is 378 g/mol. The molecule has 0 aliphatic heterocycles. The molecule has 0 saturated heterocycles. The summed E-state index contributed by atoms with van der Waals surface area (Å²) in [6, 6.07) is 19.4. The lowest BCUT2D eigenvalue weighted by molar-refractivity contribution is -0.111. The van der Waals surface area contributed by atoms with Crippen molar-refractivity contribution in [2.75, 3.05) is 14.2 Å². The number of hydrogen-bond donors (Lipinski definition) is 0. The van der Waals surface area contributed by atoms with Gasteiger partial charge < -0.3 is 9.47 Å². The number of aromatic nitrogens is 3. The Morgan fingerprint density at radius 2 is 1.73 bits per heavy atom. The van der Waals surface area contributed by atoms with E-state index < -0.39 is 0 Å². The molecule has 0 N–H and O–H groups in total. The standard InChI is InChI=1S/C24H23N3O3/c1-29-24(30-2)17-27-22-11-10-21(15-20(22)16-25-27)26-13-12-19(14-23(26)28)9-8-18-6-4-3-5-7-18/h3-16,24H,17H2,1-2H3. The van der Waals surface area contributed by atoms with Gasteiger partial charge in [0.05, 0.1) is 18.3 Å². The first-order chi connectivity index (χ1) is 14.7. The van der Waals surface area contributed by atoms with E-state index in [2.05, 4.69) is 5.10 Å². The van der Waals surface area contributed by atoms with Crippen molar-refractivity contribution in [3.8, 4) is 5.69 Å². The van der Waals surface area contributed by atoms with Crippen molar-refractivity contribution in [2.24, 2.45) is 0 Å². The van der Waals surface area contributed by atoms with Crippen molar-refractivity contribution >= 4 is 23.1 Å². The van der Waals surface area contributed by atoms with E-state index in [0.29, 0.717) is 6.54 Å². The number of hydrogen-bond acceptors (Lipinski definition) is 4. The second-order valence-electron chi connectivity index (χ2n) is 6.88. The summed E-state index contributed by atoms with van der Waals surface area (Å²) in [6.07, 6.45) is 7.14. The number of pyridine rings is 1. The average molecular weight is 401 g/mol. The molecule has 0 aliphatic carbocycles. The van der Waals surface area contributed by atoms with Crippen LogP contribution in [0.1, 0.15) is 11.1 Å². The molecule has 2 aromatic carbocycles.